The van der Waals surface area contributed by atoms with Gasteiger partial charge in [-0.3, -0.25) is 4.79 Å². The molecule has 0 aromatic heterocycles. The highest BCUT2D eigenvalue weighted by Crippen LogP contribution is 2.32. The van der Waals surface area contributed by atoms with Crippen LogP contribution in [0.5, 0.6) is 0 Å². The molecule has 1 amide bonds. The maximum Gasteiger partial charge on any atom is 0.248 e. The van der Waals surface area contributed by atoms with Gasteiger partial charge in [0.25, 0.3) is 0 Å². The fraction of sp³-hybridized carbons (Fsp3) is 0.435. The molecule has 2 aromatic rings. The zero-order valence-electron chi connectivity index (χ0n) is 16.6. The van der Waals surface area contributed by atoms with Crippen LogP contribution in [0.25, 0.3) is 0 Å². The first-order chi connectivity index (χ1) is 12.9. The molecule has 4 nitrogen and oxygen atoms in total. The zero-order chi connectivity index (χ0) is 19.3. The van der Waals surface area contributed by atoms with Gasteiger partial charge in [-0.2, -0.15) is 0 Å². The molecule has 2 aromatic carbocycles. The number of hydrogen-bond donors (Lipinski definition) is 0. The molecule has 1 fully saturated rings. The Labute approximate surface area is 162 Å². The van der Waals surface area contributed by atoms with Gasteiger partial charge in [0.15, 0.2) is 0 Å². The molecule has 0 atom stereocenters. The number of carbonyl (C=O) groups excluding carboxylic acids is 1. The lowest BCUT2D eigenvalue weighted by molar-refractivity contribution is -0.136. The van der Waals surface area contributed by atoms with Crippen LogP contribution in [0.3, 0.4) is 0 Å². The third-order valence-corrected chi connectivity index (χ3v) is 5.02. The number of carbonyl (C=O) groups is 1. The first-order valence-corrected chi connectivity index (χ1v) is 9.69. The Morgan fingerprint density at radius 1 is 0.926 bits per heavy atom. The molecule has 0 bridgehead atoms. The molecule has 0 aliphatic carbocycles. The predicted octanol–water partition coefficient (Wildman–Crippen LogP) is 3.85. The Morgan fingerprint density at radius 3 is 2.22 bits per heavy atom. The van der Waals surface area contributed by atoms with Crippen molar-refractivity contribution in [2.75, 3.05) is 37.7 Å². The fourth-order valence-electron chi connectivity index (χ4n) is 3.50. The van der Waals surface area contributed by atoms with Gasteiger partial charge in [-0.1, -0.05) is 69.3 Å². The lowest BCUT2D eigenvalue weighted by atomic mass is 9.85. The van der Waals surface area contributed by atoms with E-state index in [1.54, 1.807) is 0 Å². The topological polar surface area (TPSA) is 32.8 Å². The SMILES string of the molecule is CC(C)(C)c1ccccc1N1CCN(C(=O)COCc2ccccc2)CC1. The summed E-state index contributed by atoms with van der Waals surface area (Å²) in [5.41, 5.74) is 3.84. The Bertz CT molecular complexity index is 744. The Kier molecular flexibility index (Phi) is 6.17. The van der Waals surface area contributed by atoms with Crippen molar-refractivity contribution in [2.45, 2.75) is 32.8 Å². The smallest absolute Gasteiger partial charge is 0.248 e. The lowest BCUT2D eigenvalue weighted by Crippen LogP contribution is -2.50. The minimum absolute atomic E-state index is 0.0784. The van der Waals surface area contributed by atoms with Crippen molar-refractivity contribution in [3.8, 4) is 0 Å². The molecule has 0 unspecified atom stereocenters. The molecular formula is C23H30N2O2. The van der Waals surface area contributed by atoms with E-state index < -0.39 is 0 Å². The van der Waals surface area contributed by atoms with Gasteiger partial charge in [-0.25, -0.2) is 0 Å². The van der Waals surface area contributed by atoms with E-state index in [9.17, 15) is 4.79 Å². The van der Waals surface area contributed by atoms with Crippen LogP contribution >= 0.6 is 0 Å². The van der Waals surface area contributed by atoms with E-state index in [4.69, 9.17) is 4.74 Å². The van der Waals surface area contributed by atoms with E-state index in [-0.39, 0.29) is 17.9 Å². The van der Waals surface area contributed by atoms with E-state index in [0.29, 0.717) is 6.61 Å². The summed E-state index contributed by atoms with van der Waals surface area (Å²) in [5, 5.41) is 0. The number of rotatable bonds is 5. The maximum absolute atomic E-state index is 12.4. The molecule has 1 saturated heterocycles. The van der Waals surface area contributed by atoms with Crippen molar-refractivity contribution in [2.24, 2.45) is 0 Å². The highest BCUT2D eigenvalue weighted by molar-refractivity contribution is 5.77. The van der Waals surface area contributed by atoms with Crippen LogP contribution in [-0.4, -0.2) is 43.6 Å². The number of benzene rings is 2. The number of anilines is 1. The Hall–Kier alpha value is -2.33. The van der Waals surface area contributed by atoms with Gasteiger partial charge in [0.05, 0.1) is 6.61 Å². The molecule has 1 heterocycles. The molecule has 0 saturated carbocycles. The number of para-hydroxylation sites is 1. The summed E-state index contributed by atoms with van der Waals surface area (Å²) in [6.07, 6.45) is 0. The van der Waals surface area contributed by atoms with Crippen LogP contribution < -0.4 is 4.90 Å². The Balaban J connectivity index is 1.51. The number of ether oxygens (including phenoxy) is 1. The second kappa shape index (κ2) is 8.57. The first-order valence-electron chi connectivity index (χ1n) is 9.69. The van der Waals surface area contributed by atoms with Gasteiger partial charge in [0.2, 0.25) is 5.91 Å². The van der Waals surface area contributed by atoms with Crippen molar-refractivity contribution < 1.29 is 9.53 Å². The molecule has 27 heavy (non-hydrogen) atoms. The third kappa shape index (κ3) is 5.10. The van der Waals surface area contributed by atoms with Crippen molar-refractivity contribution in [3.05, 3.63) is 65.7 Å². The summed E-state index contributed by atoms with van der Waals surface area (Å²) in [6, 6.07) is 18.6. The van der Waals surface area contributed by atoms with E-state index in [0.717, 1.165) is 31.7 Å². The average molecular weight is 367 g/mol. The highest BCUT2D eigenvalue weighted by Gasteiger charge is 2.25. The summed E-state index contributed by atoms with van der Waals surface area (Å²) >= 11 is 0. The summed E-state index contributed by atoms with van der Waals surface area (Å²) in [4.78, 5) is 16.8. The van der Waals surface area contributed by atoms with Gasteiger partial charge in [0.1, 0.15) is 6.61 Å². The second-order valence-corrected chi connectivity index (χ2v) is 8.11. The Morgan fingerprint density at radius 2 is 1.56 bits per heavy atom. The molecule has 0 radical (unpaired) electrons. The molecule has 1 aliphatic heterocycles. The zero-order valence-corrected chi connectivity index (χ0v) is 16.6. The molecule has 0 spiro atoms. The van der Waals surface area contributed by atoms with Gasteiger partial charge >= 0.3 is 0 Å². The molecule has 3 rings (SSSR count). The third-order valence-electron chi connectivity index (χ3n) is 5.02. The fourth-order valence-corrected chi connectivity index (χ4v) is 3.50. The molecular weight excluding hydrogens is 336 g/mol. The number of piperazine rings is 1. The largest absolute Gasteiger partial charge is 0.368 e. The molecule has 4 heteroatoms. The first kappa shape index (κ1) is 19.4. The standard InChI is InChI=1S/C23H30N2O2/c1-23(2,3)20-11-7-8-12-21(20)24-13-15-25(16-14-24)22(26)18-27-17-19-9-5-4-6-10-19/h4-12H,13-18H2,1-3H3. The van der Waals surface area contributed by atoms with Crippen LogP contribution in [0.1, 0.15) is 31.9 Å². The van der Waals surface area contributed by atoms with E-state index in [2.05, 4.69) is 49.9 Å². The summed E-state index contributed by atoms with van der Waals surface area (Å²) < 4.78 is 5.61. The number of hydrogen-bond acceptors (Lipinski definition) is 3. The van der Waals surface area contributed by atoms with Crippen LogP contribution in [0.15, 0.2) is 54.6 Å². The molecule has 144 valence electrons. The normalized spacial score (nSPS) is 15.1. The minimum atomic E-state index is 0.0784. The van der Waals surface area contributed by atoms with Gasteiger partial charge < -0.3 is 14.5 Å². The second-order valence-electron chi connectivity index (χ2n) is 8.11. The summed E-state index contributed by atoms with van der Waals surface area (Å²) in [7, 11) is 0. The predicted molar refractivity (Wildman–Crippen MR) is 110 cm³/mol. The van der Waals surface area contributed by atoms with Crippen molar-refractivity contribution >= 4 is 11.6 Å². The van der Waals surface area contributed by atoms with Gasteiger partial charge in [-0.15, -0.1) is 0 Å². The number of nitrogens with zero attached hydrogens (tertiary/aromatic N) is 2. The monoisotopic (exact) mass is 366 g/mol. The van der Waals surface area contributed by atoms with Crippen molar-refractivity contribution in [3.63, 3.8) is 0 Å². The van der Waals surface area contributed by atoms with Crippen molar-refractivity contribution in [1.29, 1.82) is 0 Å². The average Bonchev–Trinajstić information content (AvgIpc) is 2.68. The van der Waals surface area contributed by atoms with Gasteiger partial charge in [0, 0.05) is 31.9 Å². The van der Waals surface area contributed by atoms with Crippen LogP contribution in [0.2, 0.25) is 0 Å². The van der Waals surface area contributed by atoms with E-state index in [1.165, 1.54) is 11.3 Å². The molecule has 0 N–H and O–H groups in total. The van der Waals surface area contributed by atoms with Gasteiger partial charge in [-0.05, 0) is 22.6 Å². The van der Waals surface area contributed by atoms with Crippen LogP contribution in [0.4, 0.5) is 5.69 Å². The highest BCUT2D eigenvalue weighted by atomic mass is 16.5. The summed E-state index contributed by atoms with van der Waals surface area (Å²) in [6.45, 7) is 10.6. The maximum atomic E-state index is 12.4. The van der Waals surface area contributed by atoms with E-state index in [1.807, 2.05) is 35.2 Å². The lowest BCUT2D eigenvalue weighted by Gasteiger charge is -2.38. The van der Waals surface area contributed by atoms with Crippen molar-refractivity contribution in [1.82, 2.24) is 4.90 Å². The molecule has 1 aliphatic rings. The summed E-state index contributed by atoms with van der Waals surface area (Å²) in [5.74, 6) is 0.0784. The van der Waals surface area contributed by atoms with E-state index >= 15 is 0 Å². The van der Waals surface area contributed by atoms with Crippen LogP contribution in [-0.2, 0) is 21.6 Å². The number of amides is 1. The quantitative estimate of drug-likeness (QED) is 0.806. The minimum Gasteiger partial charge on any atom is -0.368 e. The van der Waals surface area contributed by atoms with Crippen LogP contribution in [0, 0.1) is 0 Å².